The van der Waals surface area contributed by atoms with Crippen molar-refractivity contribution in [3.05, 3.63) is 12.2 Å². The standard InChI is InChI=1S/C25H48O5/c1-2-3-4-5-6-7-8-9-10-11-12-13-14-15-16-17-18-19-29-20-23(27)25-24(28)22(26)21-30-25/h17-18,22-28H,2-16,19-21H2,1H3/b18-17+/t22-,23+,24-,25-/m0/s1. The Morgan fingerprint density at radius 3 is 1.87 bits per heavy atom. The maximum Gasteiger partial charge on any atom is 0.114 e. The summed E-state index contributed by atoms with van der Waals surface area (Å²) in [5.41, 5.74) is 0. The molecule has 178 valence electrons. The summed E-state index contributed by atoms with van der Waals surface area (Å²) in [5.74, 6) is 0. The van der Waals surface area contributed by atoms with E-state index >= 15 is 0 Å². The zero-order chi connectivity index (χ0) is 21.9. The Bertz CT molecular complexity index is 401. The van der Waals surface area contributed by atoms with E-state index in [1.54, 1.807) is 0 Å². The third kappa shape index (κ3) is 13.8. The van der Waals surface area contributed by atoms with E-state index < -0.39 is 24.4 Å². The predicted octanol–water partition coefficient (Wildman–Crippen LogP) is 4.91. The fraction of sp³-hybridized carbons (Fsp3) is 0.920. The fourth-order valence-electron chi connectivity index (χ4n) is 3.96. The molecule has 0 amide bonds. The number of aliphatic hydroxyl groups excluding tert-OH is 3. The SMILES string of the molecule is CCCCCCCCCCCCCCCC/C=C/COC[C@@H](O)[C@@H]1OC[C@H](O)[C@@H]1O. The highest BCUT2D eigenvalue weighted by molar-refractivity contribution is 4.88. The van der Waals surface area contributed by atoms with Crippen molar-refractivity contribution in [1.82, 2.24) is 0 Å². The van der Waals surface area contributed by atoms with Gasteiger partial charge in [-0.15, -0.1) is 0 Å². The van der Waals surface area contributed by atoms with Gasteiger partial charge in [0.05, 0.1) is 19.8 Å². The molecule has 0 unspecified atom stereocenters. The molecule has 1 saturated heterocycles. The summed E-state index contributed by atoms with van der Waals surface area (Å²) in [6, 6.07) is 0. The maximum atomic E-state index is 9.94. The van der Waals surface area contributed by atoms with E-state index in [0.717, 1.165) is 6.42 Å². The van der Waals surface area contributed by atoms with Crippen LogP contribution in [0.3, 0.4) is 0 Å². The Morgan fingerprint density at radius 2 is 1.37 bits per heavy atom. The Morgan fingerprint density at radius 1 is 0.833 bits per heavy atom. The molecule has 30 heavy (non-hydrogen) atoms. The van der Waals surface area contributed by atoms with E-state index in [-0.39, 0.29) is 13.2 Å². The Hall–Kier alpha value is -0.460. The molecular formula is C25H48O5. The smallest absolute Gasteiger partial charge is 0.114 e. The van der Waals surface area contributed by atoms with Crippen LogP contribution in [0.1, 0.15) is 103 Å². The van der Waals surface area contributed by atoms with Gasteiger partial charge < -0.3 is 24.8 Å². The van der Waals surface area contributed by atoms with Crippen molar-refractivity contribution < 1.29 is 24.8 Å². The number of hydrogen-bond donors (Lipinski definition) is 3. The molecule has 0 bridgehead atoms. The third-order valence-electron chi connectivity index (χ3n) is 5.96. The molecule has 1 rings (SSSR count). The van der Waals surface area contributed by atoms with Gasteiger partial charge >= 0.3 is 0 Å². The highest BCUT2D eigenvalue weighted by Gasteiger charge is 2.39. The summed E-state index contributed by atoms with van der Waals surface area (Å²) in [7, 11) is 0. The molecule has 1 fully saturated rings. The van der Waals surface area contributed by atoms with Crippen molar-refractivity contribution in [2.75, 3.05) is 19.8 Å². The van der Waals surface area contributed by atoms with E-state index in [4.69, 9.17) is 9.47 Å². The molecule has 0 aromatic carbocycles. The molecule has 5 heteroatoms. The Labute approximate surface area is 184 Å². The largest absolute Gasteiger partial charge is 0.388 e. The molecular weight excluding hydrogens is 380 g/mol. The first-order valence-electron chi connectivity index (χ1n) is 12.5. The lowest BCUT2D eigenvalue weighted by atomic mass is 10.0. The molecule has 4 atom stereocenters. The van der Waals surface area contributed by atoms with Crippen LogP contribution < -0.4 is 0 Å². The van der Waals surface area contributed by atoms with E-state index in [0.29, 0.717) is 6.61 Å². The average molecular weight is 429 g/mol. The fourth-order valence-corrected chi connectivity index (χ4v) is 3.96. The van der Waals surface area contributed by atoms with Crippen LogP contribution in [0.25, 0.3) is 0 Å². The van der Waals surface area contributed by atoms with Gasteiger partial charge in [0.2, 0.25) is 0 Å². The van der Waals surface area contributed by atoms with Crippen LogP contribution >= 0.6 is 0 Å². The highest BCUT2D eigenvalue weighted by Crippen LogP contribution is 2.18. The summed E-state index contributed by atoms with van der Waals surface area (Å²) in [4.78, 5) is 0. The van der Waals surface area contributed by atoms with Gasteiger partial charge in [0.15, 0.2) is 0 Å². The van der Waals surface area contributed by atoms with E-state index in [1.807, 2.05) is 6.08 Å². The Kier molecular flexibility index (Phi) is 17.7. The molecule has 0 radical (unpaired) electrons. The lowest BCUT2D eigenvalue weighted by Gasteiger charge is -2.20. The number of hydrogen-bond acceptors (Lipinski definition) is 5. The number of unbranched alkanes of at least 4 members (excludes halogenated alkanes) is 14. The minimum Gasteiger partial charge on any atom is -0.388 e. The van der Waals surface area contributed by atoms with Crippen LogP contribution in [-0.4, -0.2) is 59.6 Å². The van der Waals surface area contributed by atoms with Gasteiger partial charge in [0, 0.05) is 0 Å². The molecule has 0 aromatic rings. The van der Waals surface area contributed by atoms with Crippen molar-refractivity contribution in [2.45, 2.75) is 128 Å². The number of rotatable bonds is 20. The van der Waals surface area contributed by atoms with Gasteiger partial charge in [0.1, 0.15) is 24.4 Å². The number of allylic oxidation sites excluding steroid dienone is 1. The lowest BCUT2D eigenvalue weighted by Crippen LogP contribution is -2.40. The summed E-state index contributed by atoms with van der Waals surface area (Å²) < 4.78 is 10.6. The maximum absolute atomic E-state index is 9.94. The molecule has 0 aromatic heterocycles. The predicted molar refractivity (Wildman–Crippen MR) is 123 cm³/mol. The number of ether oxygens (including phenoxy) is 2. The minimum absolute atomic E-state index is 0.0575. The van der Waals surface area contributed by atoms with Gasteiger partial charge in [-0.3, -0.25) is 0 Å². The number of aliphatic hydroxyl groups is 3. The third-order valence-corrected chi connectivity index (χ3v) is 5.96. The first-order chi connectivity index (χ1) is 14.7. The summed E-state index contributed by atoms with van der Waals surface area (Å²) >= 11 is 0. The van der Waals surface area contributed by atoms with Gasteiger partial charge in [-0.25, -0.2) is 0 Å². The second-order valence-corrected chi connectivity index (χ2v) is 8.82. The van der Waals surface area contributed by atoms with Gasteiger partial charge in [-0.1, -0.05) is 103 Å². The van der Waals surface area contributed by atoms with Crippen LogP contribution in [-0.2, 0) is 9.47 Å². The Balaban J connectivity index is 1.78. The topological polar surface area (TPSA) is 79.2 Å². The molecule has 1 aliphatic rings. The zero-order valence-electron chi connectivity index (χ0n) is 19.4. The van der Waals surface area contributed by atoms with Crippen molar-refractivity contribution in [2.24, 2.45) is 0 Å². The van der Waals surface area contributed by atoms with Crippen LogP contribution in [0.4, 0.5) is 0 Å². The normalized spacial score (nSPS) is 22.9. The second kappa shape index (κ2) is 19.2. The van der Waals surface area contributed by atoms with E-state index in [2.05, 4.69) is 13.0 Å². The van der Waals surface area contributed by atoms with Crippen LogP contribution in [0.5, 0.6) is 0 Å². The zero-order valence-corrected chi connectivity index (χ0v) is 19.4. The minimum atomic E-state index is -1.04. The average Bonchev–Trinajstić information content (AvgIpc) is 3.08. The highest BCUT2D eigenvalue weighted by atomic mass is 16.5. The molecule has 1 aliphatic heterocycles. The molecule has 0 saturated carbocycles. The summed E-state index contributed by atoms with van der Waals surface area (Å²) in [5, 5.41) is 29.0. The van der Waals surface area contributed by atoms with E-state index in [1.165, 1.54) is 89.9 Å². The lowest BCUT2D eigenvalue weighted by molar-refractivity contribution is -0.0782. The van der Waals surface area contributed by atoms with Crippen molar-refractivity contribution in [3.8, 4) is 0 Å². The molecule has 0 spiro atoms. The molecule has 1 heterocycles. The molecule has 5 nitrogen and oxygen atoms in total. The van der Waals surface area contributed by atoms with Crippen molar-refractivity contribution >= 4 is 0 Å². The quantitative estimate of drug-likeness (QED) is 0.190. The molecule has 0 aliphatic carbocycles. The molecule has 3 N–H and O–H groups in total. The second-order valence-electron chi connectivity index (χ2n) is 8.82. The summed E-state index contributed by atoms with van der Waals surface area (Å²) in [6.07, 6.45) is 20.8. The van der Waals surface area contributed by atoms with Crippen LogP contribution in [0.2, 0.25) is 0 Å². The first-order valence-corrected chi connectivity index (χ1v) is 12.5. The monoisotopic (exact) mass is 428 g/mol. The van der Waals surface area contributed by atoms with Crippen LogP contribution in [0, 0.1) is 0 Å². The summed E-state index contributed by atoms with van der Waals surface area (Å²) in [6.45, 7) is 2.87. The van der Waals surface area contributed by atoms with Crippen molar-refractivity contribution in [1.29, 1.82) is 0 Å². The first kappa shape index (κ1) is 27.6. The van der Waals surface area contributed by atoms with Gasteiger partial charge in [-0.05, 0) is 12.8 Å². The van der Waals surface area contributed by atoms with Crippen LogP contribution in [0.15, 0.2) is 12.2 Å². The van der Waals surface area contributed by atoms with E-state index in [9.17, 15) is 15.3 Å². The van der Waals surface area contributed by atoms with Gasteiger partial charge in [-0.2, -0.15) is 0 Å². The van der Waals surface area contributed by atoms with Gasteiger partial charge in [0.25, 0.3) is 0 Å². The van der Waals surface area contributed by atoms with Crippen molar-refractivity contribution in [3.63, 3.8) is 0 Å².